The number of H-pyrrole nitrogens is 1. The molecule has 0 radical (unpaired) electrons. The molecule has 142 valence electrons. The Morgan fingerprint density at radius 3 is 2.41 bits per heavy atom. The summed E-state index contributed by atoms with van der Waals surface area (Å²) in [4.78, 5) is 21.0. The smallest absolute Gasteiger partial charge is 0.258 e. The quantitative estimate of drug-likeness (QED) is 0.604. The van der Waals surface area contributed by atoms with Gasteiger partial charge in [-0.2, -0.15) is 0 Å². The number of aromatic amines is 1. The van der Waals surface area contributed by atoms with Crippen LogP contribution in [0.3, 0.4) is 0 Å². The van der Waals surface area contributed by atoms with E-state index in [-0.39, 0.29) is 5.56 Å². The third-order valence-corrected chi connectivity index (χ3v) is 4.44. The van der Waals surface area contributed by atoms with Crippen LogP contribution in [0.1, 0.15) is 19.7 Å². The molecule has 1 unspecified atom stereocenters. The molecule has 1 heterocycles. The normalized spacial score (nSPS) is 12.1. The zero-order valence-electron chi connectivity index (χ0n) is 15.8. The number of hydrogen-bond donors (Lipinski definition) is 2. The topological polar surface area (TPSA) is 68.7 Å². The largest absolute Gasteiger partial charge is 0.494 e. The van der Waals surface area contributed by atoms with Crippen molar-refractivity contribution in [3.63, 3.8) is 0 Å². The van der Waals surface area contributed by atoms with Crippen molar-refractivity contribution in [2.75, 3.05) is 26.3 Å². The highest BCUT2D eigenvalue weighted by molar-refractivity contribution is 5.77. The standard InChI is InChI=1S/C21H25N3O3/c1-3-24(13-14-27-17-11-9-16(10-12-17)26-4-2)15-20-22-19-8-6-5-7-18(19)21(25)23-20/h5-12H,3-4,13-15H2,1-2H3,(H,22,23,25)/p+1. The third kappa shape index (κ3) is 5.08. The Kier molecular flexibility index (Phi) is 6.44. The molecule has 0 spiro atoms. The first kappa shape index (κ1) is 18.9. The molecule has 0 aliphatic carbocycles. The molecule has 0 amide bonds. The Hall–Kier alpha value is -2.86. The summed E-state index contributed by atoms with van der Waals surface area (Å²) >= 11 is 0. The molecular formula is C21H26N3O3+. The first-order chi connectivity index (χ1) is 13.2. The van der Waals surface area contributed by atoms with E-state index in [0.717, 1.165) is 30.1 Å². The van der Waals surface area contributed by atoms with E-state index in [2.05, 4.69) is 16.9 Å². The maximum absolute atomic E-state index is 12.2. The minimum absolute atomic E-state index is 0.0864. The maximum atomic E-state index is 12.2. The molecule has 27 heavy (non-hydrogen) atoms. The van der Waals surface area contributed by atoms with Crippen molar-refractivity contribution in [2.45, 2.75) is 20.4 Å². The van der Waals surface area contributed by atoms with Crippen LogP contribution in [0.5, 0.6) is 11.5 Å². The Balaban J connectivity index is 1.57. The third-order valence-electron chi connectivity index (χ3n) is 4.44. The van der Waals surface area contributed by atoms with E-state index >= 15 is 0 Å². The van der Waals surface area contributed by atoms with Gasteiger partial charge in [0.15, 0.2) is 5.82 Å². The second kappa shape index (κ2) is 9.19. The highest BCUT2D eigenvalue weighted by atomic mass is 16.5. The van der Waals surface area contributed by atoms with E-state index in [4.69, 9.17) is 9.47 Å². The van der Waals surface area contributed by atoms with Gasteiger partial charge in [0.2, 0.25) is 0 Å². The predicted molar refractivity (Wildman–Crippen MR) is 106 cm³/mol. The average Bonchev–Trinajstić information content (AvgIpc) is 2.69. The Morgan fingerprint density at radius 2 is 1.70 bits per heavy atom. The van der Waals surface area contributed by atoms with Gasteiger partial charge in [0.05, 0.1) is 24.1 Å². The summed E-state index contributed by atoms with van der Waals surface area (Å²) in [5, 5.41) is 0.623. The summed E-state index contributed by atoms with van der Waals surface area (Å²) in [6.45, 7) is 7.72. The van der Waals surface area contributed by atoms with Crippen LogP contribution in [0.4, 0.5) is 0 Å². The van der Waals surface area contributed by atoms with Crippen LogP contribution in [0, 0.1) is 0 Å². The Bertz CT molecular complexity index is 922. The van der Waals surface area contributed by atoms with E-state index in [9.17, 15) is 4.79 Å². The SMILES string of the molecule is CCOc1ccc(OCC[NH+](CC)Cc2nc3ccccc3c(=O)[nH]2)cc1. The molecular weight excluding hydrogens is 342 g/mol. The van der Waals surface area contributed by atoms with E-state index in [1.54, 1.807) is 6.07 Å². The van der Waals surface area contributed by atoms with E-state index in [0.29, 0.717) is 31.0 Å². The second-order valence-corrected chi connectivity index (χ2v) is 6.31. The number of hydrogen-bond acceptors (Lipinski definition) is 4. The highest BCUT2D eigenvalue weighted by Gasteiger charge is 2.11. The number of aromatic nitrogens is 2. The van der Waals surface area contributed by atoms with Gasteiger partial charge in [0, 0.05) is 0 Å². The number of nitrogens with zero attached hydrogens (tertiary/aromatic N) is 1. The molecule has 0 saturated heterocycles. The van der Waals surface area contributed by atoms with Gasteiger partial charge in [0.1, 0.15) is 31.2 Å². The minimum Gasteiger partial charge on any atom is -0.494 e. The van der Waals surface area contributed by atoms with Crippen molar-refractivity contribution < 1.29 is 14.4 Å². The molecule has 0 saturated carbocycles. The first-order valence-corrected chi connectivity index (χ1v) is 9.36. The van der Waals surface area contributed by atoms with Crippen LogP contribution in [0.15, 0.2) is 53.3 Å². The van der Waals surface area contributed by atoms with Gasteiger partial charge in [-0.05, 0) is 50.2 Å². The second-order valence-electron chi connectivity index (χ2n) is 6.31. The van der Waals surface area contributed by atoms with Crippen LogP contribution in [0.2, 0.25) is 0 Å². The molecule has 1 aromatic heterocycles. The van der Waals surface area contributed by atoms with Gasteiger partial charge in [-0.3, -0.25) is 4.79 Å². The van der Waals surface area contributed by atoms with Gasteiger partial charge < -0.3 is 19.4 Å². The highest BCUT2D eigenvalue weighted by Crippen LogP contribution is 2.17. The van der Waals surface area contributed by atoms with E-state index in [1.807, 2.05) is 49.4 Å². The number of ether oxygens (including phenoxy) is 2. The molecule has 0 bridgehead atoms. The number of benzene rings is 2. The Morgan fingerprint density at radius 1 is 1.00 bits per heavy atom. The van der Waals surface area contributed by atoms with Crippen molar-refractivity contribution >= 4 is 10.9 Å². The zero-order chi connectivity index (χ0) is 19.1. The van der Waals surface area contributed by atoms with Crippen LogP contribution in [-0.4, -0.2) is 36.3 Å². The molecule has 1 atom stereocenters. The van der Waals surface area contributed by atoms with Crippen molar-refractivity contribution in [2.24, 2.45) is 0 Å². The lowest BCUT2D eigenvalue weighted by atomic mass is 10.2. The molecule has 2 aromatic carbocycles. The van der Waals surface area contributed by atoms with E-state index in [1.165, 1.54) is 4.90 Å². The monoisotopic (exact) mass is 368 g/mol. The fraction of sp³-hybridized carbons (Fsp3) is 0.333. The van der Waals surface area contributed by atoms with Gasteiger partial charge in [0.25, 0.3) is 5.56 Å². The average molecular weight is 368 g/mol. The van der Waals surface area contributed by atoms with Crippen LogP contribution in [-0.2, 0) is 6.54 Å². The van der Waals surface area contributed by atoms with Crippen molar-refractivity contribution in [1.82, 2.24) is 9.97 Å². The molecule has 0 fully saturated rings. The fourth-order valence-corrected chi connectivity index (χ4v) is 2.96. The zero-order valence-corrected chi connectivity index (χ0v) is 15.8. The van der Waals surface area contributed by atoms with Crippen molar-refractivity contribution in [1.29, 1.82) is 0 Å². The maximum Gasteiger partial charge on any atom is 0.258 e. The predicted octanol–water partition coefficient (Wildman–Crippen LogP) is 1.81. The number of quaternary nitrogens is 1. The molecule has 6 nitrogen and oxygen atoms in total. The van der Waals surface area contributed by atoms with Crippen molar-refractivity contribution in [3.8, 4) is 11.5 Å². The minimum atomic E-state index is -0.0864. The summed E-state index contributed by atoms with van der Waals surface area (Å²) < 4.78 is 11.3. The summed E-state index contributed by atoms with van der Waals surface area (Å²) in [5.41, 5.74) is 0.647. The molecule has 3 rings (SSSR count). The first-order valence-electron chi connectivity index (χ1n) is 9.36. The summed E-state index contributed by atoms with van der Waals surface area (Å²) in [5.74, 6) is 2.37. The molecule has 0 aliphatic heterocycles. The van der Waals surface area contributed by atoms with Crippen molar-refractivity contribution in [3.05, 3.63) is 64.7 Å². The number of para-hydroxylation sites is 1. The van der Waals surface area contributed by atoms with Gasteiger partial charge in [-0.25, -0.2) is 4.98 Å². The number of rotatable bonds is 9. The summed E-state index contributed by atoms with van der Waals surface area (Å²) in [7, 11) is 0. The number of fused-ring (bicyclic) bond motifs is 1. The van der Waals surface area contributed by atoms with E-state index < -0.39 is 0 Å². The summed E-state index contributed by atoms with van der Waals surface area (Å²) in [6, 6.07) is 15.1. The number of likely N-dealkylation sites (N-methyl/N-ethyl adjacent to an activating group) is 1. The Labute approximate surface area is 158 Å². The van der Waals surface area contributed by atoms with Crippen LogP contribution < -0.4 is 19.9 Å². The lowest BCUT2D eigenvalue weighted by Gasteiger charge is -2.17. The molecule has 6 heteroatoms. The molecule has 3 aromatic rings. The van der Waals surface area contributed by atoms with Gasteiger partial charge in [-0.1, -0.05) is 12.1 Å². The lowest BCUT2D eigenvalue weighted by molar-refractivity contribution is -0.912. The van der Waals surface area contributed by atoms with Crippen LogP contribution >= 0.6 is 0 Å². The molecule has 2 N–H and O–H groups in total. The number of nitrogens with one attached hydrogen (secondary N) is 2. The summed E-state index contributed by atoms with van der Waals surface area (Å²) in [6.07, 6.45) is 0. The lowest BCUT2D eigenvalue weighted by Crippen LogP contribution is -3.11. The fourth-order valence-electron chi connectivity index (χ4n) is 2.96. The van der Waals surface area contributed by atoms with Gasteiger partial charge >= 0.3 is 0 Å². The molecule has 0 aliphatic rings. The van der Waals surface area contributed by atoms with Gasteiger partial charge in [-0.15, -0.1) is 0 Å². The van der Waals surface area contributed by atoms with Crippen LogP contribution in [0.25, 0.3) is 10.9 Å².